The molecule has 0 aliphatic rings. The van der Waals surface area contributed by atoms with E-state index < -0.39 is 0 Å². The van der Waals surface area contributed by atoms with Crippen LogP contribution in [-0.2, 0) is 11.2 Å². The largest absolute Gasteiger partial charge is 0.348 e. The zero-order chi connectivity index (χ0) is 11.1. The molecule has 0 atom stereocenters. The van der Waals surface area contributed by atoms with Crippen LogP contribution >= 0.6 is 0 Å². The van der Waals surface area contributed by atoms with E-state index in [1.54, 1.807) is 17.4 Å². The summed E-state index contributed by atoms with van der Waals surface area (Å²) in [5, 5.41) is 0. The number of aromatic amines is 1. The number of imidazole rings is 1. The molecule has 15 heavy (non-hydrogen) atoms. The summed E-state index contributed by atoms with van der Waals surface area (Å²) < 4.78 is 0. The van der Waals surface area contributed by atoms with Crippen molar-refractivity contribution in [1.82, 2.24) is 14.9 Å². The fourth-order valence-corrected chi connectivity index (χ4v) is 1.28. The number of nitrogens with one attached hydrogen (secondary N) is 1. The SMILES string of the molecule is CN(CCc1cnc[nH]1)C(=O)CCCN. The van der Waals surface area contributed by atoms with E-state index >= 15 is 0 Å². The number of nitrogens with zero attached hydrogens (tertiary/aromatic N) is 2. The van der Waals surface area contributed by atoms with Gasteiger partial charge in [-0.2, -0.15) is 0 Å². The average Bonchev–Trinajstić information content (AvgIpc) is 2.75. The Morgan fingerprint density at radius 3 is 3.07 bits per heavy atom. The van der Waals surface area contributed by atoms with Crippen molar-refractivity contribution >= 4 is 5.91 Å². The molecule has 0 fully saturated rings. The number of hydrogen-bond acceptors (Lipinski definition) is 3. The Bertz CT molecular complexity index is 284. The van der Waals surface area contributed by atoms with Gasteiger partial charge in [0.15, 0.2) is 0 Å². The van der Waals surface area contributed by atoms with Gasteiger partial charge in [-0.05, 0) is 13.0 Å². The monoisotopic (exact) mass is 210 g/mol. The van der Waals surface area contributed by atoms with Crippen LogP contribution in [-0.4, -0.2) is 40.9 Å². The van der Waals surface area contributed by atoms with Gasteiger partial charge >= 0.3 is 0 Å². The van der Waals surface area contributed by atoms with Gasteiger partial charge in [-0.3, -0.25) is 4.79 Å². The second-order valence-corrected chi connectivity index (χ2v) is 3.53. The number of carbonyl (C=O) groups is 1. The van der Waals surface area contributed by atoms with E-state index in [-0.39, 0.29) is 5.91 Å². The van der Waals surface area contributed by atoms with Crippen LogP contribution in [0.3, 0.4) is 0 Å². The number of likely N-dealkylation sites (N-methyl/N-ethyl adjacent to an activating group) is 1. The Hall–Kier alpha value is -1.36. The summed E-state index contributed by atoms with van der Waals surface area (Å²) >= 11 is 0. The summed E-state index contributed by atoms with van der Waals surface area (Å²) in [7, 11) is 1.81. The highest BCUT2D eigenvalue weighted by Crippen LogP contribution is 1.98. The molecule has 0 saturated carbocycles. The number of aromatic nitrogens is 2. The van der Waals surface area contributed by atoms with Crippen molar-refractivity contribution in [3.05, 3.63) is 18.2 Å². The van der Waals surface area contributed by atoms with Crippen LogP contribution in [0.1, 0.15) is 18.5 Å². The van der Waals surface area contributed by atoms with Crippen LogP contribution in [0.25, 0.3) is 0 Å². The van der Waals surface area contributed by atoms with Crippen molar-refractivity contribution < 1.29 is 4.79 Å². The van der Waals surface area contributed by atoms with E-state index in [2.05, 4.69) is 9.97 Å². The van der Waals surface area contributed by atoms with Crippen LogP contribution in [0.5, 0.6) is 0 Å². The lowest BCUT2D eigenvalue weighted by atomic mass is 10.2. The van der Waals surface area contributed by atoms with Crippen molar-refractivity contribution in [1.29, 1.82) is 0 Å². The first-order valence-corrected chi connectivity index (χ1v) is 5.15. The Balaban J connectivity index is 2.23. The van der Waals surface area contributed by atoms with E-state index in [0.717, 1.165) is 18.5 Å². The Kier molecular flexibility index (Phi) is 4.83. The molecule has 84 valence electrons. The van der Waals surface area contributed by atoms with Crippen molar-refractivity contribution in [2.75, 3.05) is 20.1 Å². The number of nitrogens with two attached hydrogens (primary N) is 1. The van der Waals surface area contributed by atoms with E-state index in [1.165, 1.54) is 0 Å². The molecule has 1 rings (SSSR count). The zero-order valence-electron chi connectivity index (χ0n) is 9.07. The van der Waals surface area contributed by atoms with Crippen LogP contribution in [0.15, 0.2) is 12.5 Å². The van der Waals surface area contributed by atoms with Crippen molar-refractivity contribution in [3.63, 3.8) is 0 Å². The fourth-order valence-electron chi connectivity index (χ4n) is 1.28. The van der Waals surface area contributed by atoms with Crippen LogP contribution in [0.4, 0.5) is 0 Å². The maximum absolute atomic E-state index is 11.5. The Morgan fingerprint density at radius 1 is 1.67 bits per heavy atom. The van der Waals surface area contributed by atoms with E-state index in [4.69, 9.17) is 5.73 Å². The van der Waals surface area contributed by atoms with Gasteiger partial charge < -0.3 is 15.6 Å². The molecular formula is C10H18N4O. The van der Waals surface area contributed by atoms with E-state index in [9.17, 15) is 4.79 Å². The first kappa shape index (κ1) is 11.7. The number of amides is 1. The summed E-state index contributed by atoms with van der Waals surface area (Å²) in [4.78, 5) is 20.2. The maximum atomic E-state index is 11.5. The number of hydrogen-bond donors (Lipinski definition) is 2. The summed E-state index contributed by atoms with van der Waals surface area (Å²) in [6, 6.07) is 0. The minimum absolute atomic E-state index is 0.153. The van der Waals surface area contributed by atoms with Gasteiger partial charge in [-0.25, -0.2) is 4.98 Å². The van der Waals surface area contributed by atoms with Gasteiger partial charge in [0, 0.05) is 38.3 Å². The topological polar surface area (TPSA) is 75.0 Å². The molecule has 5 heteroatoms. The lowest BCUT2D eigenvalue weighted by Gasteiger charge is -2.16. The third kappa shape index (κ3) is 4.12. The highest BCUT2D eigenvalue weighted by Gasteiger charge is 2.07. The molecule has 5 nitrogen and oxygen atoms in total. The van der Waals surface area contributed by atoms with Crippen LogP contribution in [0, 0.1) is 0 Å². The molecule has 3 N–H and O–H groups in total. The molecule has 0 bridgehead atoms. The average molecular weight is 210 g/mol. The molecule has 0 spiro atoms. The van der Waals surface area contributed by atoms with Crippen molar-refractivity contribution in [2.24, 2.45) is 5.73 Å². The molecule has 0 aromatic carbocycles. The highest BCUT2D eigenvalue weighted by atomic mass is 16.2. The van der Waals surface area contributed by atoms with Crippen molar-refractivity contribution in [3.8, 4) is 0 Å². The lowest BCUT2D eigenvalue weighted by molar-refractivity contribution is -0.129. The van der Waals surface area contributed by atoms with Crippen LogP contribution < -0.4 is 5.73 Å². The summed E-state index contributed by atoms with van der Waals surface area (Å²) in [6.07, 6.45) is 5.53. The maximum Gasteiger partial charge on any atom is 0.222 e. The zero-order valence-corrected chi connectivity index (χ0v) is 9.07. The fraction of sp³-hybridized carbons (Fsp3) is 0.600. The summed E-state index contributed by atoms with van der Waals surface area (Å²) in [6.45, 7) is 1.28. The third-order valence-corrected chi connectivity index (χ3v) is 2.29. The molecule has 1 aromatic heterocycles. The number of carbonyl (C=O) groups excluding carboxylic acids is 1. The molecular weight excluding hydrogens is 192 g/mol. The summed E-state index contributed by atoms with van der Waals surface area (Å²) in [5.41, 5.74) is 6.39. The van der Waals surface area contributed by atoms with Gasteiger partial charge in [0.25, 0.3) is 0 Å². The van der Waals surface area contributed by atoms with Crippen molar-refractivity contribution in [2.45, 2.75) is 19.3 Å². The molecule has 0 aliphatic carbocycles. The second-order valence-electron chi connectivity index (χ2n) is 3.53. The number of H-pyrrole nitrogens is 1. The third-order valence-electron chi connectivity index (χ3n) is 2.29. The molecule has 0 aliphatic heterocycles. The normalized spacial score (nSPS) is 10.3. The van der Waals surface area contributed by atoms with E-state index in [0.29, 0.717) is 19.5 Å². The van der Waals surface area contributed by atoms with Gasteiger partial charge in [0.05, 0.1) is 6.33 Å². The summed E-state index contributed by atoms with van der Waals surface area (Å²) in [5.74, 6) is 0.153. The molecule has 1 amide bonds. The van der Waals surface area contributed by atoms with Gasteiger partial charge in [0.1, 0.15) is 0 Å². The van der Waals surface area contributed by atoms with Gasteiger partial charge in [-0.1, -0.05) is 0 Å². The standard InChI is InChI=1S/C10H18N4O/c1-14(10(15)3-2-5-11)6-4-9-7-12-8-13-9/h7-8H,2-6,11H2,1H3,(H,12,13). The predicted molar refractivity (Wildman–Crippen MR) is 58.2 cm³/mol. The van der Waals surface area contributed by atoms with Crippen LogP contribution in [0.2, 0.25) is 0 Å². The quantitative estimate of drug-likeness (QED) is 0.701. The Labute approximate surface area is 89.7 Å². The minimum atomic E-state index is 0.153. The van der Waals surface area contributed by atoms with Gasteiger partial charge in [-0.15, -0.1) is 0 Å². The predicted octanol–water partition coefficient (Wildman–Crippen LogP) is 0.150. The van der Waals surface area contributed by atoms with Gasteiger partial charge in [0.2, 0.25) is 5.91 Å². The second kappa shape index (κ2) is 6.19. The molecule has 0 saturated heterocycles. The van der Waals surface area contributed by atoms with E-state index in [1.807, 2.05) is 7.05 Å². The molecule has 0 unspecified atom stereocenters. The first-order valence-electron chi connectivity index (χ1n) is 5.15. The smallest absolute Gasteiger partial charge is 0.222 e. The highest BCUT2D eigenvalue weighted by molar-refractivity contribution is 5.75. The molecule has 1 heterocycles. The first-order chi connectivity index (χ1) is 7.24. The molecule has 0 radical (unpaired) electrons. The molecule has 1 aromatic rings. The lowest BCUT2D eigenvalue weighted by Crippen LogP contribution is -2.29. The minimum Gasteiger partial charge on any atom is -0.348 e. The Morgan fingerprint density at radius 2 is 2.47 bits per heavy atom. The number of rotatable bonds is 6.